The van der Waals surface area contributed by atoms with Crippen LogP contribution in [0.5, 0.6) is 11.5 Å². The number of benzene rings is 2. The number of anilines is 2. The maximum absolute atomic E-state index is 12.3. The van der Waals surface area contributed by atoms with E-state index >= 15 is 0 Å². The Bertz CT molecular complexity index is 1250. The van der Waals surface area contributed by atoms with Crippen LogP contribution in [0.2, 0.25) is 5.02 Å². The van der Waals surface area contributed by atoms with Crippen LogP contribution in [-0.2, 0) is 4.74 Å². The molecule has 0 atom stereocenters. The number of methoxy groups -OCH3 is 2. The van der Waals surface area contributed by atoms with Crippen LogP contribution in [-0.4, -0.2) is 36.8 Å². The Morgan fingerprint density at radius 3 is 2.63 bits per heavy atom. The van der Waals surface area contributed by atoms with Crippen LogP contribution in [0.3, 0.4) is 0 Å². The number of halogens is 1. The molecule has 30 heavy (non-hydrogen) atoms. The fourth-order valence-electron chi connectivity index (χ4n) is 3.05. The van der Waals surface area contributed by atoms with Crippen LogP contribution < -0.4 is 14.8 Å². The van der Waals surface area contributed by atoms with Crippen molar-refractivity contribution in [3.8, 4) is 11.5 Å². The predicted octanol–water partition coefficient (Wildman–Crippen LogP) is 4.97. The van der Waals surface area contributed by atoms with Gasteiger partial charge in [-0.2, -0.15) is 0 Å². The molecular weight excluding hydrogens is 410 g/mol. The standard InChI is InChI=1S/C21H18ClN3O5/c1-4-29-21(26)20-24-17-11-7-5-6-8-14(11)30-18(17)19(25-20)23-13-9-12(22)15(27-2)10-16(13)28-3/h5-10H,4H2,1-3H3,(H,23,24,25). The van der Waals surface area contributed by atoms with Gasteiger partial charge in [0.15, 0.2) is 11.4 Å². The fourth-order valence-corrected chi connectivity index (χ4v) is 3.29. The van der Waals surface area contributed by atoms with Crippen molar-refractivity contribution in [2.45, 2.75) is 6.92 Å². The molecule has 0 unspecified atom stereocenters. The van der Waals surface area contributed by atoms with Gasteiger partial charge in [-0.15, -0.1) is 0 Å². The molecule has 0 saturated heterocycles. The summed E-state index contributed by atoms with van der Waals surface area (Å²) in [5.74, 6) is 0.489. The summed E-state index contributed by atoms with van der Waals surface area (Å²) in [6.07, 6.45) is 0. The third-order valence-corrected chi connectivity index (χ3v) is 4.70. The Morgan fingerprint density at radius 2 is 1.90 bits per heavy atom. The molecule has 0 aliphatic rings. The van der Waals surface area contributed by atoms with Crippen LogP contribution in [0.25, 0.3) is 22.1 Å². The number of nitrogens with one attached hydrogen (secondary N) is 1. The van der Waals surface area contributed by atoms with E-state index in [9.17, 15) is 4.79 Å². The van der Waals surface area contributed by atoms with E-state index in [0.717, 1.165) is 5.39 Å². The molecule has 0 radical (unpaired) electrons. The number of ether oxygens (including phenoxy) is 3. The van der Waals surface area contributed by atoms with E-state index < -0.39 is 5.97 Å². The Labute approximate surface area is 176 Å². The van der Waals surface area contributed by atoms with Crippen molar-refractivity contribution in [1.82, 2.24) is 9.97 Å². The monoisotopic (exact) mass is 427 g/mol. The molecule has 0 amide bonds. The molecular formula is C21H18ClN3O5. The molecule has 0 aliphatic heterocycles. The highest BCUT2D eigenvalue weighted by Gasteiger charge is 2.21. The summed E-state index contributed by atoms with van der Waals surface area (Å²) in [6, 6.07) is 10.7. The molecule has 9 heteroatoms. The lowest BCUT2D eigenvalue weighted by molar-refractivity contribution is 0.0512. The van der Waals surface area contributed by atoms with Gasteiger partial charge in [-0.05, 0) is 25.1 Å². The maximum atomic E-state index is 12.3. The van der Waals surface area contributed by atoms with Crippen LogP contribution in [0.4, 0.5) is 11.5 Å². The number of para-hydroxylation sites is 1. The van der Waals surface area contributed by atoms with Crippen molar-refractivity contribution in [2.24, 2.45) is 0 Å². The summed E-state index contributed by atoms with van der Waals surface area (Å²) in [6.45, 7) is 1.92. The highest BCUT2D eigenvalue weighted by atomic mass is 35.5. The Balaban J connectivity index is 1.91. The quantitative estimate of drug-likeness (QED) is 0.431. The average molecular weight is 428 g/mol. The second kappa shape index (κ2) is 8.08. The minimum atomic E-state index is -0.632. The topological polar surface area (TPSA) is 95.7 Å². The number of nitrogens with zero attached hydrogens (tertiary/aromatic N) is 2. The number of aromatic nitrogens is 2. The number of hydrogen-bond donors (Lipinski definition) is 1. The smallest absolute Gasteiger partial charge is 0.376 e. The van der Waals surface area contributed by atoms with Gasteiger partial charge in [0, 0.05) is 11.5 Å². The Morgan fingerprint density at radius 1 is 1.13 bits per heavy atom. The SMILES string of the molecule is CCOC(=O)c1nc(Nc2cc(Cl)c(OC)cc2OC)c2oc3ccccc3c2n1. The Hall–Kier alpha value is -3.52. The van der Waals surface area contributed by atoms with E-state index in [-0.39, 0.29) is 18.2 Å². The number of carbonyl (C=O) groups excluding carboxylic acids is 1. The molecule has 0 bridgehead atoms. The van der Waals surface area contributed by atoms with Crippen LogP contribution in [0.15, 0.2) is 40.8 Å². The summed E-state index contributed by atoms with van der Waals surface area (Å²) in [5, 5.41) is 4.27. The van der Waals surface area contributed by atoms with E-state index in [0.29, 0.717) is 38.9 Å². The highest BCUT2D eigenvalue weighted by molar-refractivity contribution is 6.32. The summed E-state index contributed by atoms with van der Waals surface area (Å²) in [4.78, 5) is 21.1. The fraction of sp³-hybridized carbons (Fsp3) is 0.190. The molecule has 2 heterocycles. The molecule has 1 N–H and O–H groups in total. The van der Waals surface area contributed by atoms with E-state index in [1.54, 1.807) is 19.1 Å². The summed E-state index contributed by atoms with van der Waals surface area (Å²) in [5.41, 5.74) is 2.01. The Kier molecular flexibility index (Phi) is 5.33. The first kappa shape index (κ1) is 19.8. The number of hydrogen-bond acceptors (Lipinski definition) is 8. The first-order chi connectivity index (χ1) is 14.5. The van der Waals surface area contributed by atoms with Crippen molar-refractivity contribution >= 4 is 51.1 Å². The van der Waals surface area contributed by atoms with Crippen molar-refractivity contribution < 1.29 is 23.4 Å². The normalized spacial score (nSPS) is 10.9. The summed E-state index contributed by atoms with van der Waals surface area (Å²) >= 11 is 6.28. The minimum absolute atomic E-state index is 0.0861. The number of fused-ring (bicyclic) bond motifs is 3. The van der Waals surface area contributed by atoms with Gasteiger partial charge in [0.25, 0.3) is 0 Å². The second-order valence-electron chi connectivity index (χ2n) is 6.20. The molecule has 0 saturated carbocycles. The summed E-state index contributed by atoms with van der Waals surface area (Å²) < 4.78 is 21.7. The van der Waals surface area contributed by atoms with Crippen LogP contribution in [0.1, 0.15) is 17.5 Å². The first-order valence-corrected chi connectivity index (χ1v) is 9.48. The molecule has 0 fully saturated rings. The number of furan rings is 1. The van der Waals surface area contributed by atoms with Crippen molar-refractivity contribution in [1.29, 1.82) is 0 Å². The van der Waals surface area contributed by atoms with E-state index in [1.807, 2.05) is 24.3 Å². The van der Waals surface area contributed by atoms with Gasteiger partial charge >= 0.3 is 5.97 Å². The zero-order chi connectivity index (χ0) is 21.3. The number of esters is 1. The van der Waals surface area contributed by atoms with Gasteiger partial charge in [-0.1, -0.05) is 23.7 Å². The third-order valence-electron chi connectivity index (χ3n) is 4.40. The lowest BCUT2D eigenvalue weighted by Gasteiger charge is -2.14. The minimum Gasteiger partial charge on any atom is -0.495 e. The molecule has 8 nitrogen and oxygen atoms in total. The van der Waals surface area contributed by atoms with E-state index in [4.69, 9.17) is 30.2 Å². The highest BCUT2D eigenvalue weighted by Crippen LogP contribution is 2.39. The molecule has 2 aromatic heterocycles. The van der Waals surface area contributed by atoms with Gasteiger partial charge in [0.05, 0.1) is 31.5 Å². The van der Waals surface area contributed by atoms with Gasteiger partial charge in [-0.3, -0.25) is 0 Å². The van der Waals surface area contributed by atoms with Gasteiger partial charge in [0.2, 0.25) is 5.82 Å². The van der Waals surface area contributed by atoms with Crippen molar-refractivity contribution in [3.63, 3.8) is 0 Å². The van der Waals surface area contributed by atoms with Crippen molar-refractivity contribution in [2.75, 3.05) is 26.1 Å². The average Bonchev–Trinajstić information content (AvgIpc) is 3.13. The van der Waals surface area contributed by atoms with E-state index in [2.05, 4.69) is 15.3 Å². The molecule has 4 aromatic rings. The lowest BCUT2D eigenvalue weighted by Crippen LogP contribution is -2.11. The third kappa shape index (κ3) is 3.46. The van der Waals surface area contributed by atoms with Crippen molar-refractivity contribution in [3.05, 3.63) is 47.2 Å². The molecule has 4 rings (SSSR count). The van der Waals surface area contributed by atoms with E-state index in [1.165, 1.54) is 14.2 Å². The van der Waals surface area contributed by atoms with Gasteiger partial charge in [0.1, 0.15) is 22.6 Å². The molecule has 0 spiro atoms. The number of rotatable bonds is 6. The van der Waals surface area contributed by atoms with Gasteiger partial charge in [-0.25, -0.2) is 14.8 Å². The zero-order valence-electron chi connectivity index (χ0n) is 16.5. The molecule has 154 valence electrons. The second-order valence-corrected chi connectivity index (χ2v) is 6.61. The lowest BCUT2D eigenvalue weighted by atomic mass is 10.2. The molecule has 2 aromatic carbocycles. The summed E-state index contributed by atoms with van der Waals surface area (Å²) in [7, 11) is 3.04. The van der Waals surface area contributed by atoms with Crippen LogP contribution >= 0.6 is 11.6 Å². The maximum Gasteiger partial charge on any atom is 0.376 e. The predicted molar refractivity (Wildman–Crippen MR) is 113 cm³/mol. The first-order valence-electron chi connectivity index (χ1n) is 9.10. The zero-order valence-corrected chi connectivity index (χ0v) is 17.2. The molecule has 0 aliphatic carbocycles. The van der Waals surface area contributed by atoms with Crippen LogP contribution in [0, 0.1) is 0 Å². The largest absolute Gasteiger partial charge is 0.495 e. The van der Waals surface area contributed by atoms with Gasteiger partial charge < -0.3 is 23.9 Å². The number of carbonyl (C=O) groups is 1.